The molecule has 0 saturated carbocycles. The number of Topliss-reactive ketones (excluding diaryl/α,β-unsaturated/α-hetero) is 1. The van der Waals surface area contributed by atoms with Crippen molar-refractivity contribution in [1.29, 1.82) is 0 Å². The third-order valence-electron chi connectivity index (χ3n) is 6.80. The lowest BCUT2D eigenvalue weighted by Crippen LogP contribution is -2.42. The number of nitrogens with two attached hydrogens (primary N) is 1. The predicted molar refractivity (Wildman–Crippen MR) is 154 cm³/mol. The Balaban J connectivity index is 1.58. The van der Waals surface area contributed by atoms with E-state index in [9.17, 15) is 14.4 Å². The Labute approximate surface area is 233 Å². The first kappa shape index (κ1) is 28.4. The van der Waals surface area contributed by atoms with E-state index in [-0.39, 0.29) is 37.3 Å². The standard InChI is InChI=1S/C31H34N4O5/c1-20(36)34-23-12-14-24(15-13-23)40-19-29(38)27(31(32)26-16-33-28-10-6-5-9-25(26)28)18-35(21(2)37)17-22-8-4-7-11-30(22)39-3/h4-16,27,31,33H,17-19,32H2,1-3H3,(H,34,36). The minimum absolute atomic E-state index is 0.0950. The van der Waals surface area contributed by atoms with Crippen molar-refractivity contribution in [2.75, 3.05) is 25.6 Å². The molecule has 0 bridgehead atoms. The number of amides is 2. The average molecular weight is 543 g/mol. The number of ketones is 1. The van der Waals surface area contributed by atoms with Crippen LogP contribution >= 0.6 is 0 Å². The lowest BCUT2D eigenvalue weighted by atomic mass is 9.89. The summed E-state index contributed by atoms with van der Waals surface area (Å²) >= 11 is 0. The van der Waals surface area contributed by atoms with Gasteiger partial charge in [0.05, 0.1) is 13.0 Å². The number of carbonyl (C=O) groups excluding carboxylic acids is 3. The number of benzene rings is 3. The molecule has 3 aromatic carbocycles. The Morgan fingerprint density at radius 2 is 1.68 bits per heavy atom. The number of methoxy groups -OCH3 is 1. The highest BCUT2D eigenvalue weighted by atomic mass is 16.5. The van der Waals surface area contributed by atoms with Gasteiger partial charge in [-0.1, -0.05) is 36.4 Å². The number of aromatic nitrogens is 1. The molecular formula is C31H34N4O5. The van der Waals surface area contributed by atoms with Crippen LogP contribution in [0.3, 0.4) is 0 Å². The molecule has 4 aromatic rings. The number of fused-ring (bicyclic) bond motifs is 1. The quantitative estimate of drug-likeness (QED) is 0.243. The van der Waals surface area contributed by atoms with Crippen LogP contribution in [0.25, 0.3) is 10.9 Å². The van der Waals surface area contributed by atoms with Gasteiger partial charge in [-0.3, -0.25) is 14.4 Å². The van der Waals surface area contributed by atoms with E-state index in [0.29, 0.717) is 17.2 Å². The third kappa shape index (κ3) is 6.86. The lowest BCUT2D eigenvalue weighted by molar-refractivity contribution is -0.133. The second-order valence-corrected chi connectivity index (χ2v) is 9.59. The number of carbonyl (C=O) groups is 3. The van der Waals surface area contributed by atoms with Crippen LogP contribution in [-0.4, -0.2) is 47.7 Å². The van der Waals surface area contributed by atoms with Gasteiger partial charge in [-0.15, -0.1) is 0 Å². The van der Waals surface area contributed by atoms with E-state index in [1.807, 2.05) is 54.7 Å². The SMILES string of the molecule is COc1ccccc1CN(CC(C(=O)COc1ccc(NC(C)=O)cc1)C(N)c1c[nH]c2ccccc12)C(C)=O. The molecule has 2 unspecified atom stereocenters. The zero-order chi connectivity index (χ0) is 28.6. The normalized spacial score (nSPS) is 12.4. The number of H-pyrrole nitrogens is 1. The Kier molecular flexibility index (Phi) is 9.19. The molecular weight excluding hydrogens is 508 g/mol. The number of para-hydroxylation sites is 2. The molecule has 208 valence electrons. The first-order valence-electron chi connectivity index (χ1n) is 13.0. The molecule has 1 aromatic heterocycles. The van der Waals surface area contributed by atoms with Gasteiger partial charge in [0.2, 0.25) is 11.8 Å². The van der Waals surface area contributed by atoms with Crippen LogP contribution < -0.4 is 20.5 Å². The lowest BCUT2D eigenvalue weighted by Gasteiger charge is -2.30. The third-order valence-corrected chi connectivity index (χ3v) is 6.80. The maximum absolute atomic E-state index is 13.7. The number of ether oxygens (including phenoxy) is 2. The fraction of sp³-hybridized carbons (Fsp3) is 0.258. The summed E-state index contributed by atoms with van der Waals surface area (Å²) < 4.78 is 11.3. The Morgan fingerprint density at radius 3 is 2.38 bits per heavy atom. The number of aromatic amines is 1. The monoisotopic (exact) mass is 542 g/mol. The largest absolute Gasteiger partial charge is 0.496 e. The number of hydrogen-bond acceptors (Lipinski definition) is 6. The topological polar surface area (TPSA) is 127 Å². The molecule has 0 saturated heterocycles. The van der Waals surface area contributed by atoms with Crippen LogP contribution in [0.15, 0.2) is 79.0 Å². The maximum Gasteiger partial charge on any atom is 0.221 e. The van der Waals surface area contributed by atoms with E-state index >= 15 is 0 Å². The molecule has 4 N–H and O–H groups in total. The molecule has 0 spiro atoms. The summed E-state index contributed by atoms with van der Waals surface area (Å²) in [4.78, 5) is 42.6. The minimum Gasteiger partial charge on any atom is -0.496 e. The molecule has 9 nitrogen and oxygen atoms in total. The van der Waals surface area contributed by atoms with Gasteiger partial charge in [-0.2, -0.15) is 0 Å². The summed E-state index contributed by atoms with van der Waals surface area (Å²) in [6.07, 6.45) is 1.82. The molecule has 0 fully saturated rings. The number of nitrogens with zero attached hydrogens (tertiary/aromatic N) is 1. The van der Waals surface area contributed by atoms with Crippen molar-refractivity contribution in [2.45, 2.75) is 26.4 Å². The second-order valence-electron chi connectivity index (χ2n) is 9.59. The van der Waals surface area contributed by atoms with Crippen molar-refractivity contribution in [3.63, 3.8) is 0 Å². The molecule has 4 rings (SSSR count). The van der Waals surface area contributed by atoms with Crippen molar-refractivity contribution in [2.24, 2.45) is 11.7 Å². The molecule has 40 heavy (non-hydrogen) atoms. The number of nitrogens with one attached hydrogen (secondary N) is 2. The first-order valence-corrected chi connectivity index (χ1v) is 13.0. The van der Waals surface area contributed by atoms with Crippen LogP contribution in [-0.2, 0) is 20.9 Å². The van der Waals surface area contributed by atoms with Gasteiger partial charge in [0.15, 0.2) is 5.78 Å². The van der Waals surface area contributed by atoms with Gasteiger partial charge in [-0.05, 0) is 42.0 Å². The Hall–Kier alpha value is -4.63. The summed E-state index contributed by atoms with van der Waals surface area (Å²) in [5, 5.41) is 3.61. The van der Waals surface area contributed by atoms with Crippen molar-refractivity contribution in [3.05, 3.63) is 90.1 Å². The van der Waals surface area contributed by atoms with E-state index in [4.69, 9.17) is 15.2 Å². The molecule has 9 heteroatoms. The summed E-state index contributed by atoms with van der Waals surface area (Å²) in [6.45, 7) is 3.02. The molecule has 2 amide bonds. The highest BCUT2D eigenvalue weighted by molar-refractivity contribution is 5.89. The van der Waals surface area contributed by atoms with Gasteiger partial charge in [0, 0.05) is 61.3 Å². The van der Waals surface area contributed by atoms with Gasteiger partial charge < -0.3 is 30.4 Å². The van der Waals surface area contributed by atoms with E-state index in [0.717, 1.165) is 22.0 Å². The Bertz CT molecular complexity index is 1480. The number of anilines is 1. The zero-order valence-corrected chi connectivity index (χ0v) is 22.8. The van der Waals surface area contributed by atoms with Crippen molar-refractivity contribution >= 4 is 34.2 Å². The van der Waals surface area contributed by atoms with Crippen molar-refractivity contribution in [3.8, 4) is 11.5 Å². The summed E-state index contributed by atoms with van der Waals surface area (Å²) in [5.74, 6) is -0.236. The molecule has 0 aliphatic rings. The summed E-state index contributed by atoms with van der Waals surface area (Å²) in [7, 11) is 1.58. The van der Waals surface area contributed by atoms with Crippen LogP contribution in [0, 0.1) is 5.92 Å². The number of hydrogen-bond donors (Lipinski definition) is 3. The van der Waals surface area contributed by atoms with Gasteiger partial charge in [0.1, 0.15) is 18.1 Å². The van der Waals surface area contributed by atoms with Crippen LogP contribution in [0.5, 0.6) is 11.5 Å². The molecule has 0 aliphatic carbocycles. The average Bonchev–Trinajstić information content (AvgIpc) is 3.38. The maximum atomic E-state index is 13.7. The van der Waals surface area contributed by atoms with E-state index in [1.165, 1.54) is 13.8 Å². The Morgan fingerprint density at radius 1 is 0.975 bits per heavy atom. The van der Waals surface area contributed by atoms with Gasteiger partial charge in [-0.25, -0.2) is 0 Å². The molecule has 0 aliphatic heterocycles. The highest BCUT2D eigenvalue weighted by Crippen LogP contribution is 2.30. The van der Waals surface area contributed by atoms with E-state index in [1.54, 1.807) is 36.3 Å². The predicted octanol–water partition coefficient (Wildman–Crippen LogP) is 4.45. The fourth-order valence-electron chi connectivity index (χ4n) is 4.68. The molecule has 1 heterocycles. The van der Waals surface area contributed by atoms with Crippen molar-refractivity contribution in [1.82, 2.24) is 9.88 Å². The molecule has 0 radical (unpaired) electrons. The van der Waals surface area contributed by atoms with Gasteiger partial charge >= 0.3 is 0 Å². The molecule has 2 atom stereocenters. The number of rotatable bonds is 12. The summed E-state index contributed by atoms with van der Waals surface area (Å²) in [6, 6.07) is 21.2. The van der Waals surface area contributed by atoms with Crippen LogP contribution in [0.4, 0.5) is 5.69 Å². The van der Waals surface area contributed by atoms with Crippen molar-refractivity contribution < 1.29 is 23.9 Å². The smallest absolute Gasteiger partial charge is 0.221 e. The second kappa shape index (κ2) is 12.9. The van der Waals surface area contributed by atoms with E-state index < -0.39 is 12.0 Å². The minimum atomic E-state index is -0.753. The zero-order valence-electron chi connectivity index (χ0n) is 22.8. The van der Waals surface area contributed by atoms with Crippen LogP contribution in [0.2, 0.25) is 0 Å². The fourth-order valence-corrected chi connectivity index (χ4v) is 4.68. The van der Waals surface area contributed by atoms with E-state index in [2.05, 4.69) is 10.3 Å². The first-order chi connectivity index (χ1) is 19.3. The van der Waals surface area contributed by atoms with Gasteiger partial charge in [0.25, 0.3) is 0 Å². The summed E-state index contributed by atoms with van der Waals surface area (Å²) in [5.41, 5.74) is 9.93. The highest BCUT2D eigenvalue weighted by Gasteiger charge is 2.32. The van der Waals surface area contributed by atoms with Crippen LogP contribution in [0.1, 0.15) is 31.0 Å².